The Balaban J connectivity index is 0.00000596. The number of hydrogen-bond donors (Lipinski definition) is 0. The molecule has 5 nitrogen and oxygen atoms in total. The molecule has 72 heavy (non-hydrogen) atoms. The Kier molecular flexibility index (Phi) is 12.6. The Hall–Kier alpha value is -7.20. The molecule has 0 fully saturated rings. The molecule has 0 radical (unpaired) electrons. The summed E-state index contributed by atoms with van der Waals surface area (Å²) < 4.78 is 9.04. The van der Waals surface area contributed by atoms with Gasteiger partial charge in [-0.25, -0.2) is 4.98 Å². The van der Waals surface area contributed by atoms with Crippen molar-refractivity contribution in [2.24, 2.45) is 0 Å². The molecule has 0 amide bonds. The van der Waals surface area contributed by atoms with Gasteiger partial charge in [-0.05, 0) is 79.3 Å². The van der Waals surface area contributed by atoms with E-state index in [0.717, 1.165) is 83.8 Å². The number of ether oxygens (including phenoxy) is 1. The van der Waals surface area contributed by atoms with Crippen molar-refractivity contribution in [3.05, 3.63) is 224 Å². The second-order valence-electron chi connectivity index (χ2n) is 21.8. The molecule has 0 saturated heterocycles. The summed E-state index contributed by atoms with van der Waals surface area (Å²) in [5, 5.41) is 2.24. The van der Waals surface area contributed by atoms with Gasteiger partial charge in [-0.2, -0.15) is 12.1 Å². The van der Waals surface area contributed by atoms with E-state index in [1.807, 2.05) is 24.4 Å². The average Bonchev–Trinajstić information content (AvgIpc) is 3.91. The Labute approximate surface area is 440 Å². The quantitative estimate of drug-likeness (QED) is 0.142. The van der Waals surface area contributed by atoms with Crippen LogP contribution in [-0.4, -0.2) is 9.55 Å². The van der Waals surface area contributed by atoms with E-state index in [1.54, 1.807) is 0 Å². The zero-order valence-corrected chi connectivity index (χ0v) is 44.8. The first-order valence-corrected chi connectivity index (χ1v) is 24.7. The average molecular weight is 1120 g/mol. The number of pyridine rings is 1. The van der Waals surface area contributed by atoms with Crippen LogP contribution in [0.2, 0.25) is 0 Å². The van der Waals surface area contributed by atoms with Crippen LogP contribution in [0.4, 0.5) is 22.7 Å². The fourth-order valence-corrected chi connectivity index (χ4v) is 10.00. The summed E-state index contributed by atoms with van der Waals surface area (Å²) in [6.45, 7) is 22.6. The smallest absolute Gasteiger partial charge is 0.135 e. The van der Waals surface area contributed by atoms with Crippen molar-refractivity contribution in [2.45, 2.75) is 78.6 Å². The number of benzene rings is 8. The Morgan fingerprint density at radius 2 is 1.04 bits per heavy atom. The molecule has 0 saturated carbocycles. The van der Waals surface area contributed by atoms with E-state index >= 15 is 0 Å². The van der Waals surface area contributed by atoms with E-state index in [9.17, 15) is 0 Å². The second kappa shape index (κ2) is 18.8. The van der Waals surface area contributed by atoms with Crippen molar-refractivity contribution in [2.75, 3.05) is 9.80 Å². The van der Waals surface area contributed by atoms with E-state index in [2.05, 4.69) is 259 Å². The van der Waals surface area contributed by atoms with Crippen LogP contribution < -0.4 is 14.5 Å². The summed E-state index contributed by atoms with van der Waals surface area (Å²) in [5.41, 5.74) is 16.6. The van der Waals surface area contributed by atoms with E-state index in [1.165, 1.54) is 16.7 Å². The Morgan fingerprint density at radius 1 is 0.472 bits per heavy atom. The number of rotatable bonds is 8. The first kappa shape index (κ1) is 48.4. The van der Waals surface area contributed by atoms with Crippen LogP contribution >= 0.6 is 0 Å². The van der Waals surface area contributed by atoms with E-state index in [0.29, 0.717) is 11.5 Å². The third kappa shape index (κ3) is 9.05. The second-order valence-corrected chi connectivity index (χ2v) is 21.8. The van der Waals surface area contributed by atoms with Crippen LogP contribution in [0.1, 0.15) is 79.0 Å². The molecule has 2 aromatic heterocycles. The summed E-state index contributed by atoms with van der Waals surface area (Å²) >= 11 is 0. The summed E-state index contributed by atoms with van der Waals surface area (Å²) in [5.74, 6) is 2.02. The number of anilines is 4. The van der Waals surface area contributed by atoms with Crippen molar-refractivity contribution in [3.8, 4) is 50.7 Å². The summed E-state index contributed by atoms with van der Waals surface area (Å²) in [6.07, 6.45) is 2.03. The van der Waals surface area contributed by atoms with Gasteiger partial charge in [0, 0.05) is 78.0 Å². The van der Waals surface area contributed by atoms with E-state index in [-0.39, 0.29) is 37.3 Å². The largest absolute Gasteiger partial charge is 0.509 e. The monoisotopic (exact) mass is 1120 g/mol. The first-order valence-electron chi connectivity index (χ1n) is 24.7. The number of aromatic nitrogens is 2. The molecule has 0 spiro atoms. The standard InChI is InChI=1S/C66H59N4O.Pt/c1-64(2,3)47-32-30-46(31-33-47)53-27-19-26-52(44-20-12-10-13-21-44)63(53)69-43-68(59-28-16-17-29-60(59)69)49-24-18-25-50(39-49)71-51-35-36-54-55-38-48(65(4,5)6)34-37-58(55)70(61(54)40-51)62-41-57(66(7,8)9)56(42-67-62)45-22-14-11-15-23-45;/h10-38,41-43H,1-9H3;/q-3;. The van der Waals surface area contributed by atoms with Crippen LogP contribution in [-0.2, 0) is 37.3 Å². The molecule has 1 aliphatic rings. The van der Waals surface area contributed by atoms with Crippen LogP contribution in [0.5, 0.6) is 11.5 Å². The number of fused-ring (bicyclic) bond motifs is 4. The van der Waals surface area contributed by atoms with Gasteiger partial charge in [0.05, 0.1) is 0 Å². The van der Waals surface area contributed by atoms with Crippen molar-refractivity contribution < 1.29 is 25.8 Å². The molecule has 8 aromatic carbocycles. The zero-order valence-electron chi connectivity index (χ0n) is 42.5. The van der Waals surface area contributed by atoms with Crippen LogP contribution in [0, 0.1) is 18.8 Å². The zero-order chi connectivity index (χ0) is 49.2. The molecular weight excluding hydrogens is 1060 g/mol. The van der Waals surface area contributed by atoms with Crippen LogP contribution in [0.15, 0.2) is 188 Å². The number of nitrogens with zero attached hydrogens (tertiary/aromatic N) is 4. The summed E-state index contributed by atoms with van der Waals surface area (Å²) in [6, 6.07) is 72.3. The predicted octanol–water partition coefficient (Wildman–Crippen LogP) is 17.9. The van der Waals surface area contributed by atoms with Gasteiger partial charge in [0.2, 0.25) is 0 Å². The summed E-state index contributed by atoms with van der Waals surface area (Å²) in [7, 11) is 0. The fourth-order valence-electron chi connectivity index (χ4n) is 10.00. The maximum atomic E-state index is 6.79. The van der Waals surface area contributed by atoms with E-state index < -0.39 is 0 Å². The predicted molar refractivity (Wildman–Crippen MR) is 297 cm³/mol. The van der Waals surface area contributed by atoms with Gasteiger partial charge in [-0.15, -0.1) is 48.1 Å². The molecule has 0 unspecified atom stereocenters. The molecule has 0 aliphatic carbocycles. The molecule has 0 N–H and O–H groups in total. The summed E-state index contributed by atoms with van der Waals surface area (Å²) in [4.78, 5) is 9.75. The molecular formula is C66H59N4OPt-3. The molecule has 3 heterocycles. The molecule has 10 aromatic rings. The minimum atomic E-state index is -0.143. The maximum Gasteiger partial charge on any atom is 0.135 e. The third-order valence-electron chi connectivity index (χ3n) is 13.8. The molecule has 11 rings (SSSR count). The fraction of sp³-hybridized carbons (Fsp3) is 0.182. The van der Waals surface area contributed by atoms with Gasteiger partial charge < -0.3 is 19.1 Å². The van der Waals surface area contributed by atoms with Crippen molar-refractivity contribution in [3.63, 3.8) is 0 Å². The molecule has 362 valence electrons. The van der Waals surface area contributed by atoms with Gasteiger partial charge in [0.1, 0.15) is 5.82 Å². The molecule has 0 bridgehead atoms. The maximum absolute atomic E-state index is 6.79. The van der Waals surface area contributed by atoms with Gasteiger partial charge in [0.15, 0.2) is 0 Å². The van der Waals surface area contributed by atoms with Gasteiger partial charge in [-0.1, -0.05) is 195 Å². The van der Waals surface area contributed by atoms with Crippen LogP contribution in [0.25, 0.3) is 61.0 Å². The van der Waals surface area contributed by atoms with Crippen molar-refractivity contribution in [1.82, 2.24) is 9.55 Å². The van der Waals surface area contributed by atoms with E-state index in [4.69, 9.17) is 9.72 Å². The molecule has 1 aliphatic heterocycles. The first-order chi connectivity index (χ1) is 34.1. The van der Waals surface area contributed by atoms with Crippen LogP contribution in [0.3, 0.4) is 0 Å². The Bertz CT molecular complexity index is 3600. The SMILES string of the molecule is CC(C)(C)c1ccc(-c2cccc(-c3ccccc3)c2N2[CH-]N(c3[c-]c(Oc4[c-]c5c(cc4)c4cc(C(C)(C)C)ccc4n5-c4cc(C(C)(C)C)c(-c5ccccc5)cn4)ccc3)c3ccccc32)cc1.[Pt]. The van der Waals surface area contributed by atoms with Gasteiger partial charge in [-0.3, -0.25) is 0 Å². The minimum Gasteiger partial charge on any atom is -0.509 e. The molecule has 6 heteroatoms. The minimum absolute atomic E-state index is 0. The topological polar surface area (TPSA) is 33.5 Å². The third-order valence-corrected chi connectivity index (χ3v) is 13.8. The molecule has 0 atom stereocenters. The Morgan fingerprint density at radius 3 is 1.68 bits per heavy atom. The number of para-hydroxylation sites is 3. The normalized spacial score (nSPS) is 12.8. The van der Waals surface area contributed by atoms with Gasteiger partial charge >= 0.3 is 0 Å². The van der Waals surface area contributed by atoms with Crippen molar-refractivity contribution in [1.29, 1.82) is 0 Å². The van der Waals surface area contributed by atoms with Gasteiger partial charge in [0.25, 0.3) is 0 Å². The number of hydrogen-bond acceptors (Lipinski definition) is 4. The van der Waals surface area contributed by atoms with Crippen molar-refractivity contribution >= 4 is 44.6 Å².